The van der Waals surface area contributed by atoms with Gasteiger partial charge in [-0.05, 0) is 60.9 Å². The van der Waals surface area contributed by atoms with E-state index in [1.807, 2.05) is 7.05 Å². The Morgan fingerprint density at radius 2 is 2.17 bits per heavy atom. The van der Waals surface area contributed by atoms with Crippen LogP contribution in [0.25, 0.3) is 0 Å². The van der Waals surface area contributed by atoms with Gasteiger partial charge in [-0.25, -0.2) is 0 Å². The van der Waals surface area contributed by atoms with Gasteiger partial charge >= 0.3 is 0 Å². The van der Waals surface area contributed by atoms with Gasteiger partial charge in [0.15, 0.2) is 0 Å². The second-order valence-corrected chi connectivity index (χ2v) is 6.06. The van der Waals surface area contributed by atoms with Gasteiger partial charge in [0.2, 0.25) is 0 Å². The first-order chi connectivity index (χ1) is 8.85. The van der Waals surface area contributed by atoms with Crippen LogP contribution in [-0.4, -0.2) is 32.2 Å². The molecule has 100 valence electrons. The maximum atomic E-state index is 5.23. The molecule has 18 heavy (non-hydrogen) atoms. The van der Waals surface area contributed by atoms with E-state index < -0.39 is 0 Å². The van der Waals surface area contributed by atoms with Crippen molar-refractivity contribution < 1.29 is 4.74 Å². The molecule has 0 aromatic heterocycles. The predicted octanol–water partition coefficient (Wildman–Crippen LogP) is 3.14. The van der Waals surface area contributed by atoms with Crippen LogP contribution in [0.4, 0.5) is 0 Å². The maximum absolute atomic E-state index is 5.23. The number of hydrogen-bond donors (Lipinski definition) is 1. The molecule has 0 aliphatic carbocycles. The number of rotatable bonds is 5. The van der Waals surface area contributed by atoms with Crippen molar-refractivity contribution in [3.63, 3.8) is 0 Å². The number of methoxy groups -OCH3 is 1. The normalized spacial score (nSPS) is 21.6. The van der Waals surface area contributed by atoms with Crippen molar-refractivity contribution in [3.8, 4) is 5.75 Å². The summed E-state index contributed by atoms with van der Waals surface area (Å²) < 4.78 is 5.23. The van der Waals surface area contributed by atoms with Gasteiger partial charge in [-0.1, -0.05) is 12.1 Å². The molecule has 2 rings (SSSR count). The van der Waals surface area contributed by atoms with E-state index in [2.05, 4.69) is 41.3 Å². The van der Waals surface area contributed by atoms with Crippen molar-refractivity contribution in [1.82, 2.24) is 5.32 Å². The minimum absolute atomic E-state index is 0.633. The summed E-state index contributed by atoms with van der Waals surface area (Å²) in [4.78, 5) is 0. The molecule has 1 aliphatic heterocycles. The Labute approximate surface area is 114 Å². The summed E-state index contributed by atoms with van der Waals surface area (Å²) in [7, 11) is 3.77. The number of ether oxygens (including phenoxy) is 1. The van der Waals surface area contributed by atoms with Gasteiger partial charge in [0.05, 0.1) is 7.11 Å². The van der Waals surface area contributed by atoms with E-state index >= 15 is 0 Å². The molecule has 1 saturated heterocycles. The molecule has 0 spiro atoms. The second-order valence-electron chi connectivity index (χ2n) is 4.91. The highest BCUT2D eigenvalue weighted by atomic mass is 32.2. The molecule has 1 aliphatic rings. The lowest BCUT2D eigenvalue weighted by Crippen LogP contribution is -2.27. The average molecular weight is 265 g/mol. The Balaban J connectivity index is 2.11. The highest BCUT2D eigenvalue weighted by molar-refractivity contribution is 7.99. The Morgan fingerprint density at radius 1 is 1.39 bits per heavy atom. The van der Waals surface area contributed by atoms with Crippen LogP contribution in [-0.2, 0) is 0 Å². The zero-order chi connectivity index (χ0) is 12.8. The van der Waals surface area contributed by atoms with Gasteiger partial charge in [-0.2, -0.15) is 11.8 Å². The molecule has 0 saturated carbocycles. The molecular weight excluding hydrogens is 242 g/mol. The van der Waals surface area contributed by atoms with Crippen LogP contribution >= 0.6 is 11.8 Å². The monoisotopic (exact) mass is 265 g/mol. The lowest BCUT2D eigenvalue weighted by molar-refractivity contribution is 0.407. The summed E-state index contributed by atoms with van der Waals surface area (Å²) in [6.45, 7) is 1.07. The van der Waals surface area contributed by atoms with Crippen LogP contribution in [0.1, 0.15) is 24.3 Å². The van der Waals surface area contributed by atoms with E-state index in [0.29, 0.717) is 5.92 Å². The summed E-state index contributed by atoms with van der Waals surface area (Å²) in [5, 5.41) is 3.35. The molecule has 0 bridgehead atoms. The minimum atomic E-state index is 0.633. The molecule has 1 fully saturated rings. The average Bonchev–Trinajstić information content (AvgIpc) is 2.46. The lowest BCUT2D eigenvalue weighted by Gasteiger charge is -2.30. The highest BCUT2D eigenvalue weighted by Gasteiger charge is 2.24. The van der Waals surface area contributed by atoms with Gasteiger partial charge in [-0.15, -0.1) is 0 Å². The standard InChI is InChI=1S/C15H23NOS/c1-16-10-15(13-4-3-9-18-11-13)12-5-7-14(17-2)8-6-12/h5-8,13,15-16H,3-4,9-11H2,1-2H3. The lowest BCUT2D eigenvalue weighted by atomic mass is 9.84. The topological polar surface area (TPSA) is 21.3 Å². The maximum Gasteiger partial charge on any atom is 0.118 e. The van der Waals surface area contributed by atoms with E-state index in [0.717, 1.165) is 18.2 Å². The zero-order valence-electron chi connectivity index (χ0n) is 11.3. The summed E-state index contributed by atoms with van der Waals surface area (Å²) in [6, 6.07) is 8.60. The predicted molar refractivity (Wildman–Crippen MR) is 79.7 cm³/mol. The first-order valence-corrected chi connectivity index (χ1v) is 7.87. The quantitative estimate of drug-likeness (QED) is 0.884. The SMILES string of the molecule is CNCC(c1ccc(OC)cc1)C1CCCSC1. The Bertz CT molecular complexity index is 346. The number of likely N-dealkylation sites (N-methyl/N-ethyl adjacent to an activating group) is 1. The van der Waals surface area contributed by atoms with Crippen LogP contribution in [0.3, 0.4) is 0 Å². The molecule has 0 radical (unpaired) electrons. The summed E-state index contributed by atoms with van der Waals surface area (Å²) >= 11 is 2.11. The summed E-state index contributed by atoms with van der Waals surface area (Å²) in [5.41, 5.74) is 1.44. The molecule has 1 heterocycles. The largest absolute Gasteiger partial charge is 0.497 e. The van der Waals surface area contributed by atoms with Crippen LogP contribution in [0, 0.1) is 5.92 Å². The van der Waals surface area contributed by atoms with Crippen molar-refractivity contribution in [2.24, 2.45) is 5.92 Å². The fraction of sp³-hybridized carbons (Fsp3) is 0.600. The number of nitrogens with one attached hydrogen (secondary N) is 1. The molecular formula is C15H23NOS. The van der Waals surface area contributed by atoms with Gasteiger partial charge in [-0.3, -0.25) is 0 Å². The van der Waals surface area contributed by atoms with Crippen LogP contribution in [0.2, 0.25) is 0 Å². The van der Waals surface area contributed by atoms with E-state index in [4.69, 9.17) is 4.74 Å². The van der Waals surface area contributed by atoms with Gasteiger partial charge in [0.25, 0.3) is 0 Å². The van der Waals surface area contributed by atoms with Crippen LogP contribution in [0.5, 0.6) is 5.75 Å². The number of thioether (sulfide) groups is 1. The fourth-order valence-electron chi connectivity index (χ4n) is 2.71. The summed E-state index contributed by atoms with van der Waals surface area (Å²) in [6.07, 6.45) is 2.73. The molecule has 2 unspecified atom stereocenters. The van der Waals surface area contributed by atoms with Crippen LogP contribution < -0.4 is 10.1 Å². The molecule has 1 N–H and O–H groups in total. The fourth-order valence-corrected chi connectivity index (χ4v) is 3.95. The molecule has 2 atom stereocenters. The van der Waals surface area contributed by atoms with Gasteiger partial charge < -0.3 is 10.1 Å². The highest BCUT2D eigenvalue weighted by Crippen LogP contribution is 2.34. The second kappa shape index (κ2) is 7.05. The third-order valence-corrected chi connectivity index (χ3v) is 4.97. The third-order valence-electron chi connectivity index (χ3n) is 3.73. The summed E-state index contributed by atoms with van der Waals surface area (Å²) in [5.74, 6) is 5.03. The Kier molecular flexibility index (Phi) is 5.39. The Morgan fingerprint density at radius 3 is 2.72 bits per heavy atom. The minimum Gasteiger partial charge on any atom is -0.497 e. The molecule has 3 heteroatoms. The third kappa shape index (κ3) is 3.42. The van der Waals surface area contributed by atoms with Crippen molar-refractivity contribution >= 4 is 11.8 Å². The first-order valence-electron chi connectivity index (χ1n) is 6.71. The van der Waals surface area contributed by atoms with E-state index in [1.54, 1.807) is 7.11 Å². The Hall–Kier alpha value is -0.670. The zero-order valence-corrected chi connectivity index (χ0v) is 12.1. The smallest absolute Gasteiger partial charge is 0.118 e. The van der Waals surface area contributed by atoms with Gasteiger partial charge in [0.1, 0.15) is 5.75 Å². The van der Waals surface area contributed by atoms with Crippen molar-refractivity contribution in [2.45, 2.75) is 18.8 Å². The van der Waals surface area contributed by atoms with Crippen molar-refractivity contribution in [3.05, 3.63) is 29.8 Å². The molecule has 0 amide bonds. The first kappa shape index (κ1) is 13.8. The molecule has 1 aromatic carbocycles. The van der Waals surface area contributed by atoms with E-state index in [9.17, 15) is 0 Å². The number of benzene rings is 1. The van der Waals surface area contributed by atoms with E-state index in [1.165, 1.54) is 29.9 Å². The van der Waals surface area contributed by atoms with Crippen molar-refractivity contribution in [1.29, 1.82) is 0 Å². The van der Waals surface area contributed by atoms with Gasteiger partial charge in [0, 0.05) is 6.54 Å². The van der Waals surface area contributed by atoms with E-state index in [-0.39, 0.29) is 0 Å². The number of hydrogen-bond acceptors (Lipinski definition) is 3. The van der Waals surface area contributed by atoms with Crippen molar-refractivity contribution in [2.75, 3.05) is 32.2 Å². The molecule has 2 nitrogen and oxygen atoms in total. The van der Waals surface area contributed by atoms with Crippen LogP contribution in [0.15, 0.2) is 24.3 Å². The molecule has 1 aromatic rings.